The molecule has 0 atom stereocenters. The number of fused-ring (bicyclic) bond motifs is 3. The second kappa shape index (κ2) is 6.43. The maximum absolute atomic E-state index is 11.3. The predicted octanol–water partition coefficient (Wildman–Crippen LogP) is 0.199. The van der Waals surface area contributed by atoms with Crippen molar-refractivity contribution in [1.82, 2.24) is 0 Å². The summed E-state index contributed by atoms with van der Waals surface area (Å²) >= 11 is 0. The fourth-order valence-corrected chi connectivity index (χ4v) is 4.03. The Morgan fingerprint density at radius 2 is 1.20 bits per heavy atom. The molecule has 0 heterocycles. The van der Waals surface area contributed by atoms with E-state index in [9.17, 15) is 19.8 Å². The largest absolute Gasteiger partial charge is 0.481 e. The van der Waals surface area contributed by atoms with Gasteiger partial charge in [-0.1, -0.05) is 47.3 Å². The van der Waals surface area contributed by atoms with Crippen molar-refractivity contribution in [3.63, 3.8) is 0 Å². The molecule has 3 rings (SSSR count). The minimum atomic E-state index is -0.856. The third-order valence-electron chi connectivity index (χ3n) is 5.20. The molecule has 6 heteroatoms. The van der Waals surface area contributed by atoms with Gasteiger partial charge in [0.15, 0.2) is 0 Å². The van der Waals surface area contributed by atoms with Crippen LogP contribution in [-0.2, 0) is 15.0 Å². The summed E-state index contributed by atoms with van der Waals surface area (Å²) in [4.78, 5) is 22.6. The maximum Gasteiger partial charge on any atom is 0.303 e. The fourth-order valence-electron chi connectivity index (χ4n) is 4.03. The van der Waals surface area contributed by atoms with Crippen molar-refractivity contribution in [3.8, 4) is 11.1 Å². The van der Waals surface area contributed by atoms with E-state index in [0.717, 1.165) is 33.2 Å². The molecular weight excluding hydrogens is 314 g/mol. The number of carboxylic acid groups (broad SMARTS) is 2. The number of hydrogen-bond donors (Lipinski definition) is 2. The molecule has 0 spiro atoms. The molecular formula is C19H20B2O4. The van der Waals surface area contributed by atoms with Gasteiger partial charge in [0.1, 0.15) is 15.7 Å². The van der Waals surface area contributed by atoms with Crippen LogP contribution in [-0.4, -0.2) is 37.8 Å². The zero-order valence-corrected chi connectivity index (χ0v) is 14.5. The summed E-state index contributed by atoms with van der Waals surface area (Å²) in [5, 5.41) is 18.5. The average molecular weight is 334 g/mol. The summed E-state index contributed by atoms with van der Waals surface area (Å²) in [6.07, 6.45) is 0.839. The lowest BCUT2D eigenvalue weighted by Crippen LogP contribution is -2.29. The molecule has 0 fully saturated rings. The van der Waals surface area contributed by atoms with Crippen molar-refractivity contribution in [2.75, 3.05) is 0 Å². The average Bonchev–Trinajstić information content (AvgIpc) is 2.80. The summed E-state index contributed by atoms with van der Waals surface area (Å²) in [6.45, 7) is 0. The van der Waals surface area contributed by atoms with Gasteiger partial charge in [-0.25, -0.2) is 0 Å². The molecule has 1 aliphatic carbocycles. The molecule has 0 amide bonds. The minimum absolute atomic E-state index is 0.0143. The summed E-state index contributed by atoms with van der Waals surface area (Å²) in [5.74, 6) is -1.71. The molecule has 4 nitrogen and oxygen atoms in total. The number of carbonyl (C=O) groups is 2. The zero-order chi connectivity index (χ0) is 18.2. The van der Waals surface area contributed by atoms with Crippen LogP contribution in [0.2, 0.25) is 0 Å². The lowest BCUT2D eigenvalue weighted by atomic mass is 9.69. The second-order valence-corrected chi connectivity index (χ2v) is 6.97. The number of rotatable bonds is 6. The number of carboxylic acids is 2. The highest BCUT2D eigenvalue weighted by Crippen LogP contribution is 2.53. The Bertz CT molecular complexity index is 789. The Labute approximate surface area is 148 Å². The molecule has 0 aromatic heterocycles. The smallest absolute Gasteiger partial charge is 0.303 e. The van der Waals surface area contributed by atoms with E-state index in [-0.39, 0.29) is 12.8 Å². The zero-order valence-electron chi connectivity index (χ0n) is 14.5. The highest BCUT2D eigenvalue weighted by molar-refractivity contribution is 6.33. The summed E-state index contributed by atoms with van der Waals surface area (Å²) in [6, 6.07) is 12.4. The van der Waals surface area contributed by atoms with Gasteiger partial charge in [-0.15, -0.1) is 0 Å². The first-order valence-corrected chi connectivity index (χ1v) is 8.50. The number of benzene rings is 2. The third-order valence-corrected chi connectivity index (χ3v) is 5.20. The van der Waals surface area contributed by atoms with Crippen LogP contribution < -0.4 is 10.9 Å². The van der Waals surface area contributed by atoms with Gasteiger partial charge < -0.3 is 10.2 Å². The van der Waals surface area contributed by atoms with E-state index in [1.807, 2.05) is 27.8 Å². The molecule has 25 heavy (non-hydrogen) atoms. The van der Waals surface area contributed by atoms with Crippen molar-refractivity contribution in [2.45, 2.75) is 31.1 Å². The fraction of sp³-hybridized carbons (Fsp3) is 0.263. The van der Waals surface area contributed by atoms with Crippen molar-refractivity contribution < 1.29 is 19.8 Å². The third kappa shape index (κ3) is 3.09. The molecule has 0 saturated heterocycles. The van der Waals surface area contributed by atoms with Crippen molar-refractivity contribution in [3.05, 3.63) is 47.5 Å². The van der Waals surface area contributed by atoms with Crippen LogP contribution in [0, 0.1) is 0 Å². The van der Waals surface area contributed by atoms with E-state index in [1.165, 1.54) is 0 Å². The molecule has 1 aliphatic rings. The first kappa shape index (κ1) is 17.3. The summed E-state index contributed by atoms with van der Waals surface area (Å²) in [7, 11) is 4.02. The molecule has 2 aromatic carbocycles. The second-order valence-electron chi connectivity index (χ2n) is 6.97. The van der Waals surface area contributed by atoms with E-state index in [4.69, 9.17) is 0 Å². The van der Waals surface area contributed by atoms with Gasteiger partial charge in [-0.3, -0.25) is 9.59 Å². The molecule has 0 saturated carbocycles. The Kier molecular flexibility index (Phi) is 4.46. The first-order valence-electron chi connectivity index (χ1n) is 8.50. The van der Waals surface area contributed by atoms with E-state index >= 15 is 0 Å². The van der Waals surface area contributed by atoms with Crippen molar-refractivity contribution in [1.29, 1.82) is 0 Å². The topological polar surface area (TPSA) is 74.6 Å². The van der Waals surface area contributed by atoms with Crippen LogP contribution in [0.1, 0.15) is 36.8 Å². The summed E-state index contributed by atoms with van der Waals surface area (Å²) in [5.41, 5.74) is 5.95. The Hall–Kier alpha value is -2.49. The van der Waals surface area contributed by atoms with Crippen LogP contribution in [0.15, 0.2) is 36.4 Å². The Balaban J connectivity index is 2.23. The van der Waals surface area contributed by atoms with Gasteiger partial charge in [0.05, 0.1) is 0 Å². The SMILES string of the molecule is Bc1ccc2c(c1)C(CCC(=O)O)(CCC(=O)O)c1cc(B)ccc1-2. The van der Waals surface area contributed by atoms with Gasteiger partial charge in [-0.2, -0.15) is 0 Å². The normalized spacial score (nSPS) is 13.9. The molecule has 0 radical (unpaired) electrons. The van der Waals surface area contributed by atoms with Crippen LogP contribution in [0.5, 0.6) is 0 Å². The van der Waals surface area contributed by atoms with Crippen molar-refractivity contribution in [2.24, 2.45) is 0 Å². The monoisotopic (exact) mass is 334 g/mol. The number of hydrogen-bond acceptors (Lipinski definition) is 2. The van der Waals surface area contributed by atoms with Crippen LogP contribution in [0.25, 0.3) is 11.1 Å². The molecule has 0 aliphatic heterocycles. The van der Waals surface area contributed by atoms with Gasteiger partial charge in [0.2, 0.25) is 0 Å². The van der Waals surface area contributed by atoms with Crippen LogP contribution in [0.3, 0.4) is 0 Å². The Morgan fingerprint density at radius 3 is 1.56 bits per heavy atom. The molecule has 0 unspecified atom stereocenters. The molecule has 2 N–H and O–H groups in total. The van der Waals surface area contributed by atoms with E-state index < -0.39 is 17.4 Å². The quantitative estimate of drug-likeness (QED) is 0.741. The summed E-state index contributed by atoms with van der Waals surface area (Å²) < 4.78 is 0. The maximum atomic E-state index is 11.3. The molecule has 2 aromatic rings. The molecule has 0 bridgehead atoms. The van der Waals surface area contributed by atoms with E-state index in [2.05, 4.69) is 24.3 Å². The van der Waals surface area contributed by atoms with Crippen molar-refractivity contribution >= 4 is 38.6 Å². The highest BCUT2D eigenvalue weighted by atomic mass is 16.4. The predicted molar refractivity (Wildman–Crippen MR) is 103 cm³/mol. The van der Waals surface area contributed by atoms with E-state index in [0.29, 0.717) is 12.8 Å². The molecule has 126 valence electrons. The number of aliphatic carboxylic acids is 2. The van der Waals surface area contributed by atoms with E-state index in [1.54, 1.807) is 0 Å². The van der Waals surface area contributed by atoms with Gasteiger partial charge in [0.25, 0.3) is 0 Å². The standard InChI is InChI=1S/C19H20B2O4/c20-11-1-3-13-14-4-2-12(21)10-16(14)19(15(13)9-11,7-5-17(22)23)8-6-18(24)25/h1-4,9-10H,5-8,20-21H2,(H,22,23)(H,24,25). The minimum Gasteiger partial charge on any atom is -0.481 e. The lowest BCUT2D eigenvalue weighted by molar-refractivity contribution is -0.137. The highest BCUT2D eigenvalue weighted by Gasteiger charge is 2.43. The van der Waals surface area contributed by atoms with Gasteiger partial charge in [-0.05, 0) is 35.1 Å². The van der Waals surface area contributed by atoms with Gasteiger partial charge >= 0.3 is 11.9 Å². The lowest BCUT2D eigenvalue weighted by Gasteiger charge is -2.32. The van der Waals surface area contributed by atoms with Crippen LogP contribution >= 0.6 is 0 Å². The van der Waals surface area contributed by atoms with Gasteiger partial charge in [0, 0.05) is 18.3 Å². The first-order chi connectivity index (χ1) is 11.8. The van der Waals surface area contributed by atoms with Crippen LogP contribution in [0.4, 0.5) is 0 Å². The Morgan fingerprint density at radius 1 is 0.800 bits per heavy atom.